The van der Waals surface area contributed by atoms with Gasteiger partial charge in [0.25, 0.3) is 5.91 Å². The Morgan fingerprint density at radius 1 is 1.65 bits per heavy atom. The zero-order valence-corrected chi connectivity index (χ0v) is 11.8. The van der Waals surface area contributed by atoms with E-state index in [1.165, 1.54) is 7.05 Å². The van der Waals surface area contributed by atoms with Crippen LogP contribution in [0.1, 0.15) is 17.4 Å². The first kappa shape index (κ1) is 16.0. The Balaban J connectivity index is 2.93. The van der Waals surface area contributed by atoms with Gasteiger partial charge < -0.3 is 10.1 Å². The second kappa shape index (κ2) is 6.89. The molecule has 1 amide bonds. The Morgan fingerprint density at radius 2 is 2.30 bits per heavy atom. The number of aromatic nitrogens is 2. The maximum Gasteiger partial charge on any atom is 0.329 e. The number of aryl methyl sites for hydroxylation is 1. The smallest absolute Gasteiger partial charge is 0.329 e. The van der Waals surface area contributed by atoms with Crippen LogP contribution in [-0.2, 0) is 16.6 Å². The fraction of sp³-hybridized carbons (Fsp3) is 0.500. The van der Waals surface area contributed by atoms with Crippen LogP contribution in [0.5, 0.6) is 0 Å². The zero-order valence-electron chi connectivity index (χ0n) is 10.9. The molecule has 0 unspecified atom stereocenters. The summed E-state index contributed by atoms with van der Waals surface area (Å²) in [5, 5.41) is 16.8. The van der Waals surface area contributed by atoms with Crippen molar-refractivity contribution in [1.82, 2.24) is 15.1 Å². The van der Waals surface area contributed by atoms with Crippen molar-refractivity contribution in [3.63, 3.8) is 0 Å². The molecular weight excluding hydrogens is 288 g/mol. The molecular formula is C10H14N4O5S. The number of thiol groups is 1. The fourth-order valence-corrected chi connectivity index (χ4v) is 1.71. The molecule has 1 rings (SSSR count). The fourth-order valence-electron chi connectivity index (χ4n) is 1.47. The van der Waals surface area contributed by atoms with Crippen LogP contribution in [0.2, 0.25) is 0 Å². The first-order chi connectivity index (χ1) is 9.42. The van der Waals surface area contributed by atoms with Gasteiger partial charge in [0.15, 0.2) is 0 Å². The maximum atomic E-state index is 12.0. The average molecular weight is 302 g/mol. The van der Waals surface area contributed by atoms with Gasteiger partial charge in [-0.25, -0.2) is 4.79 Å². The summed E-state index contributed by atoms with van der Waals surface area (Å²) >= 11 is 3.94. The number of nitro groups is 1. The van der Waals surface area contributed by atoms with E-state index in [2.05, 4.69) is 23.0 Å². The minimum Gasteiger partial charge on any atom is -0.464 e. The molecule has 1 heterocycles. The van der Waals surface area contributed by atoms with E-state index in [1.807, 2.05) is 0 Å². The lowest BCUT2D eigenvalue weighted by Gasteiger charge is -2.14. The number of hydrogen-bond donors (Lipinski definition) is 2. The molecule has 1 atom stereocenters. The van der Waals surface area contributed by atoms with Gasteiger partial charge in [0.2, 0.25) is 5.69 Å². The van der Waals surface area contributed by atoms with Crippen molar-refractivity contribution in [2.24, 2.45) is 7.05 Å². The van der Waals surface area contributed by atoms with Crippen molar-refractivity contribution in [2.45, 2.75) is 13.0 Å². The minimum atomic E-state index is -0.986. The third kappa shape index (κ3) is 3.47. The molecule has 0 aromatic carbocycles. The molecule has 0 aliphatic rings. The van der Waals surface area contributed by atoms with Gasteiger partial charge in [0.1, 0.15) is 12.2 Å². The van der Waals surface area contributed by atoms with Gasteiger partial charge in [0, 0.05) is 12.8 Å². The highest BCUT2D eigenvalue weighted by Crippen LogP contribution is 2.16. The molecule has 0 aliphatic carbocycles. The lowest BCUT2D eigenvalue weighted by atomic mass is 10.3. The standard InChI is InChI=1S/C10H14N4O5S/c1-3-19-10(16)6(5-20)12-9(15)8-7(14(17)18)4-11-13(8)2/h4,6,20H,3,5H2,1-2H3,(H,12,15)/t6-/m0/s1. The van der Waals surface area contributed by atoms with E-state index in [0.717, 1.165) is 10.9 Å². The minimum absolute atomic E-state index is 0.0101. The second-order valence-electron chi connectivity index (χ2n) is 3.72. The summed E-state index contributed by atoms with van der Waals surface area (Å²) in [6.07, 6.45) is 0.967. The van der Waals surface area contributed by atoms with E-state index < -0.39 is 28.5 Å². The quantitative estimate of drug-likeness (QED) is 0.328. The van der Waals surface area contributed by atoms with Crippen molar-refractivity contribution >= 4 is 30.2 Å². The number of carbonyl (C=O) groups excluding carboxylic acids is 2. The molecule has 0 aliphatic heterocycles. The lowest BCUT2D eigenvalue weighted by molar-refractivity contribution is -0.385. The number of ether oxygens (including phenoxy) is 1. The highest BCUT2D eigenvalue weighted by molar-refractivity contribution is 7.80. The van der Waals surface area contributed by atoms with Gasteiger partial charge in [-0.05, 0) is 6.92 Å². The molecule has 0 radical (unpaired) electrons. The van der Waals surface area contributed by atoms with Crippen molar-refractivity contribution in [3.05, 3.63) is 22.0 Å². The predicted molar refractivity (Wildman–Crippen MR) is 71.6 cm³/mol. The predicted octanol–water partition coefficient (Wildman–Crippen LogP) is -0.0804. The topological polar surface area (TPSA) is 116 Å². The SMILES string of the molecule is CCOC(=O)[C@H](CS)NC(=O)c1c([N+](=O)[O-])cnn1C. The molecule has 0 fully saturated rings. The molecule has 0 saturated heterocycles. The number of hydrogen-bond acceptors (Lipinski definition) is 7. The Hall–Kier alpha value is -2.10. The van der Waals surface area contributed by atoms with Crippen molar-refractivity contribution in [3.8, 4) is 0 Å². The van der Waals surface area contributed by atoms with E-state index in [0.29, 0.717) is 0 Å². The molecule has 0 saturated carbocycles. The summed E-state index contributed by atoms with van der Waals surface area (Å²) in [4.78, 5) is 33.6. The average Bonchev–Trinajstić information content (AvgIpc) is 2.78. The molecule has 10 heteroatoms. The Kier molecular flexibility index (Phi) is 5.50. The molecule has 20 heavy (non-hydrogen) atoms. The van der Waals surface area contributed by atoms with Crippen molar-refractivity contribution < 1.29 is 19.2 Å². The number of esters is 1. The number of rotatable bonds is 6. The van der Waals surface area contributed by atoms with Gasteiger partial charge in [0.05, 0.1) is 11.5 Å². The largest absolute Gasteiger partial charge is 0.464 e. The molecule has 0 bridgehead atoms. The molecule has 9 nitrogen and oxygen atoms in total. The number of nitrogens with zero attached hydrogens (tertiary/aromatic N) is 3. The van der Waals surface area contributed by atoms with Crippen LogP contribution in [-0.4, -0.2) is 45.0 Å². The normalized spacial score (nSPS) is 11.8. The second-order valence-corrected chi connectivity index (χ2v) is 4.08. The van der Waals surface area contributed by atoms with Gasteiger partial charge >= 0.3 is 11.7 Å². The Bertz CT molecular complexity index is 530. The maximum absolute atomic E-state index is 12.0. The number of carbonyl (C=O) groups is 2. The number of amides is 1. The lowest BCUT2D eigenvalue weighted by Crippen LogP contribution is -2.44. The summed E-state index contributed by atoms with van der Waals surface area (Å²) in [6.45, 7) is 1.78. The summed E-state index contributed by atoms with van der Waals surface area (Å²) in [5.41, 5.74) is -0.683. The Morgan fingerprint density at radius 3 is 2.80 bits per heavy atom. The third-order valence-corrected chi connectivity index (χ3v) is 2.76. The molecule has 1 N–H and O–H groups in total. The van der Waals surface area contributed by atoms with Crippen LogP contribution in [0.3, 0.4) is 0 Å². The summed E-state index contributed by atoms with van der Waals surface area (Å²) in [5.74, 6) is -1.43. The van der Waals surface area contributed by atoms with Gasteiger partial charge in [-0.1, -0.05) is 0 Å². The summed E-state index contributed by atoms with van der Waals surface area (Å²) in [6, 6.07) is -0.986. The van der Waals surface area contributed by atoms with Crippen LogP contribution >= 0.6 is 12.6 Å². The summed E-state index contributed by atoms with van der Waals surface area (Å²) in [7, 11) is 1.39. The first-order valence-electron chi connectivity index (χ1n) is 5.67. The van der Waals surface area contributed by atoms with Crippen LogP contribution in [0, 0.1) is 10.1 Å². The molecule has 1 aromatic heterocycles. The third-order valence-electron chi connectivity index (χ3n) is 2.39. The van der Waals surface area contributed by atoms with Crippen LogP contribution in [0.4, 0.5) is 5.69 Å². The van der Waals surface area contributed by atoms with E-state index >= 15 is 0 Å². The highest BCUT2D eigenvalue weighted by Gasteiger charge is 2.29. The van der Waals surface area contributed by atoms with E-state index in [-0.39, 0.29) is 18.1 Å². The van der Waals surface area contributed by atoms with Crippen LogP contribution < -0.4 is 5.32 Å². The van der Waals surface area contributed by atoms with E-state index in [4.69, 9.17) is 4.74 Å². The van der Waals surface area contributed by atoms with Crippen molar-refractivity contribution in [1.29, 1.82) is 0 Å². The monoisotopic (exact) mass is 302 g/mol. The summed E-state index contributed by atoms with van der Waals surface area (Å²) < 4.78 is 5.83. The van der Waals surface area contributed by atoms with E-state index in [1.54, 1.807) is 6.92 Å². The van der Waals surface area contributed by atoms with E-state index in [9.17, 15) is 19.7 Å². The van der Waals surface area contributed by atoms with Gasteiger partial charge in [-0.15, -0.1) is 0 Å². The van der Waals surface area contributed by atoms with Gasteiger partial charge in [-0.2, -0.15) is 17.7 Å². The zero-order chi connectivity index (χ0) is 15.3. The molecule has 0 spiro atoms. The van der Waals surface area contributed by atoms with Crippen LogP contribution in [0.25, 0.3) is 0 Å². The Labute approximate surface area is 119 Å². The molecule has 110 valence electrons. The van der Waals surface area contributed by atoms with Gasteiger partial charge in [-0.3, -0.25) is 19.6 Å². The van der Waals surface area contributed by atoms with Crippen molar-refractivity contribution in [2.75, 3.05) is 12.4 Å². The highest BCUT2D eigenvalue weighted by atomic mass is 32.1. The van der Waals surface area contributed by atoms with Crippen LogP contribution in [0.15, 0.2) is 6.20 Å². The first-order valence-corrected chi connectivity index (χ1v) is 6.30. The number of nitrogens with one attached hydrogen (secondary N) is 1. The molecule has 1 aromatic rings.